The lowest BCUT2D eigenvalue weighted by Gasteiger charge is -2.70. The molecule has 0 saturated heterocycles. The first kappa shape index (κ1) is 20.1. The van der Waals surface area contributed by atoms with Crippen LogP contribution in [-0.2, 0) is 9.53 Å². The van der Waals surface area contributed by atoms with Gasteiger partial charge in [0.1, 0.15) is 11.6 Å². The Morgan fingerprint density at radius 2 is 1.67 bits per heavy atom. The molecule has 2 bridgehead atoms. The van der Waals surface area contributed by atoms with Crippen molar-refractivity contribution in [2.75, 3.05) is 18.5 Å². The van der Waals surface area contributed by atoms with E-state index in [0.717, 1.165) is 12.1 Å². The summed E-state index contributed by atoms with van der Waals surface area (Å²) in [6.07, 6.45) is 1.29. The Labute approximate surface area is 170 Å². The summed E-state index contributed by atoms with van der Waals surface area (Å²) >= 11 is 0. The Bertz CT molecular complexity index is 961. The number of hydrogen-bond acceptors (Lipinski definition) is 4. The summed E-state index contributed by atoms with van der Waals surface area (Å²) in [6, 6.07) is 8.41. The molecule has 158 valence electrons. The molecular weight excluding hydrogens is 401 g/mol. The lowest BCUT2D eigenvalue weighted by molar-refractivity contribution is -0.183. The van der Waals surface area contributed by atoms with Crippen molar-refractivity contribution >= 4 is 17.7 Å². The molecule has 2 aromatic rings. The topological polar surface area (TPSA) is 76.7 Å². The molecule has 2 amide bonds. The summed E-state index contributed by atoms with van der Waals surface area (Å²) in [5.74, 6) is -2.32. The second kappa shape index (κ2) is 7.55. The van der Waals surface area contributed by atoms with Gasteiger partial charge in [-0.2, -0.15) is 0 Å². The first-order chi connectivity index (χ1) is 14.3. The molecule has 9 heteroatoms. The summed E-state index contributed by atoms with van der Waals surface area (Å²) in [4.78, 5) is 23.9. The molecule has 3 fully saturated rings. The maximum atomic E-state index is 13.2. The van der Waals surface area contributed by atoms with Crippen LogP contribution in [0, 0.1) is 22.9 Å². The highest BCUT2D eigenvalue weighted by molar-refractivity contribution is 5.84. The van der Waals surface area contributed by atoms with E-state index in [4.69, 9.17) is 9.47 Å². The van der Waals surface area contributed by atoms with E-state index in [1.807, 2.05) is 0 Å². The molecule has 3 aliphatic rings. The number of carbonyl (C=O) groups excluding carboxylic acids is 2. The molecule has 5 rings (SSSR count). The predicted octanol–water partition coefficient (Wildman–Crippen LogP) is 3.77. The van der Waals surface area contributed by atoms with Crippen molar-refractivity contribution in [2.24, 2.45) is 5.41 Å². The van der Waals surface area contributed by atoms with Gasteiger partial charge in [0, 0.05) is 22.7 Å². The van der Waals surface area contributed by atoms with Gasteiger partial charge in [-0.3, -0.25) is 10.1 Å². The van der Waals surface area contributed by atoms with Gasteiger partial charge in [-0.15, -0.1) is 0 Å². The molecule has 0 heterocycles. The van der Waals surface area contributed by atoms with E-state index < -0.39 is 17.7 Å². The fourth-order valence-corrected chi connectivity index (χ4v) is 4.24. The molecule has 0 aromatic heterocycles. The van der Waals surface area contributed by atoms with Crippen molar-refractivity contribution in [1.29, 1.82) is 0 Å². The van der Waals surface area contributed by atoms with Crippen molar-refractivity contribution < 1.29 is 32.2 Å². The van der Waals surface area contributed by atoms with Crippen LogP contribution >= 0.6 is 0 Å². The molecule has 0 aliphatic heterocycles. The second-order valence-corrected chi connectivity index (χ2v) is 7.93. The van der Waals surface area contributed by atoms with E-state index >= 15 is 0 Å². The number of ether oxygens (including phenoxy) is 2. The van der Waals surface area contributed by atoms with Gasteiger partial charge < -0.3 is 14.8 Å². The van der Waals surface area contributed by atoms with Crippen LogP contribution in [0.2, 0.25) is 0 Å². The van der Waals surface area contributed by atoms with Crippen LogP contribution in [-0.4, -0.2) is 30.8 Å². The Kier molecular flexibility index (Phi) is 5.05. The van der Waals surface area contributed by atoms with E-state index in [1.165, 1.54) is 30.3 Å². The molecule has 2 N–H and O–H groups in total. The van der Waals surface area contributed by atoms with Crippen LogP contribution in [0.5, 0.6) is 5.75 Å². The van der Waals surface area contributed by atoms with Crippen LogP contribution < -0.4 is 15.4 Å². The van der Waals surface area contributed by atoms with Crippen LogP contribution in [0.3, 0.4) is 0 Å². The van der Waals surface area contributed by atoms with Gasteiger partial charge in [-0.25, -0.2) is 18.0 Å². The minimum absolute atomic E-state index is 0.0985. The Morgan fingerprint density at radius 3 is 2.33 bits per heavy atom. The van der Waals surface area contributed by atoms with Crippen molar-refractivity contribution in [3.63, 3.8) is 0 Å². The molecule has 0 radical (unpaired) electrons. The number of carbonyl (C=O) groups is 2. The third kappa shape index (κ3) is 4.19. The van der Waals surface area contributed by atoms with E-state index in [0.29, 0.717) is 25.0 Å². The average Bonchev–Trinajstić information content (AvgIpc) is 2.65. The summed E-state index contributed by atoms with van der Waals surface area (Å²) in [7, 11) is 0. The minimum atomic E-state index is -1.06. The lowest BCUT2D eigenvalue weighted by Crippen LogP contribution is -2.76. The number of halogens is 3. The highest BCUT2D eigenvalue weighted by Crippen LogP contribution is 2.67. The Hall–Kier alpha value is -3.23. The molecule has 0 atom stereocenters. The van der Waals surface area contributed by atoms with E-state index in [2.05, 4.69) is 10.6 Å². The molecular formula is C21H19F3N2O4. The van der Waals surface area contributed by atoms with Crippen molar-refractivity contribution in [1.82, 2.24) is 5.32 Å². The normalized spacial score (nSPS) is 23.6. The summed E-state index contributed by atoms with van der Waals surface area (Å²) < 4.78 is 49.4. The molecule has 0 unspecified atom stereocenters. The molecule has 3 aliphatic carbocycles. The van der Waals surface area contributed by atoms with Gasteiger partial charge in [-0.1, -0.05) is 0 Å². The van der Waals surface area contributed by atoms with Crippen LogP contribution in [0.15, 0.2) is 42.5 Å². The lowest BCUT2D eigenvalue weighted by atomic mass is 9.39. The standard InChI is InChI=1S/C21H19F3N2O4/c22-13-1-4-15(5-2-13)29-8-18(27)26-21-9-20(10-21,11-21)12-30-19(28)25-14-3-6-16(23)17(24)7-14/h1-7H,8-12H2,(H,25,28)(H,26,27). The van der Waals surface area contributed by atoms with Crippen molar-refractivity contribution in [3.05, 3.63) is 59.9 Å². The monoisotopic (exact) mass is 420 g/mol. The number of amides is 2. The number of anilines is 1. The summed E-state index contributed by atoms with van der Waals surface area (Å²) in [5, 5.41) is 5.28. The Morgan fingerprint density at radius 1 is 0.967 bits per heavy atom. The summed E-state index contributed by atoms with van der Waals surface area (Å²) in [5.41, 5.74) is -0.374. The third-order valence-corrected chi connectivity index (χ3v) is 5.40. The molecule has 0 spiro atoms. The smallest absolute Gasteiger partial charge is 0.411 e. The van der Waals surface area contributed by atoms with Gasteiger partial charge in [0.2, 0.25) is 0 Å². The second-order valence-electron chi connectivity index (χ2n) is 7.93. The number of nitrogens with one attached hydrogen (secondary N) is 2. The zero-order valence-corrected chi connectivity index (χ0v) is 15.8. The maximum Gasteiger partial charge on any atom is 0.411 e. The number of hydrogen-bond donors (Lipinski definition) is 2. The van der Waals surface area contributed by atoms with Crippen LogP contribution in [0.25, 0.3) is 0 Å². The van der Waals surface area contributed by atoms with Gasteiger partial charge in [0.15, 0.2) is 18.2 Å². The van der Waals surface area contributed by atoms with Gasteiger partial charge >= 0.3 is 6.09 Å². The van der Waals surface area contributed by atoms with E-state index in [9.17, 15) is 22.8 Å². The number of rotatable bonds is 7. The zero-order valence-electron chi connectivity index (χ0n) is 15.8. The number of benzene rings is 2. The van der Waals surface area contributed by atoms with Crippen molar-refractivity contribution in [2.45, 2.75) is 24.8 Å². The largest absolute Gasteiger partial charge is 0.484 e. The fourth-order valence-electron chi connectivity index (χ4n) is 4.24. The van der Waals surface area contributed by atoms with Crippen LogP contribution in [0.1, 0.15) is 19.3 Å². The zero-order chi connectivity index (χ0) is 21.4. The third-order valence-electron chi connectivity index (χ3n) is 5.40. The maximum absolute atomic E-state index is 13.2. The fraction of sp³-hybridized carbons (Fsp3) is 0.333. The van der Waals surface area contributed by atoms with Gasteiger partial charge in [0.25, 0.3) is 5.91 Å². The van der Waals surface area contributed by atoms with E-state index in [-0.39, 0.29) is 41.6 Å². The minimum Gasteiger partial charge on any atom is -0.484 e. The Balaban J connectivity index is 1.16. The van der Waals surface area contributed by atoms with Crippen molar-refractivity contribution in [3.8, 4) is 5.75 Å². The molecule has 2 aromatic carbocycles. The quantitative estimate of drug-likeness (QED) is 0.715. The highest BCUT2D eigenvalue weighted by atomic mass is 19.2. The predicted molar refractivity (Wildman–Crippen MR) is 100 cm³/mol. The van der Waals surface area contributed by atoms with E-state index in [1.54, 1.807) is 0 Å². The molecule has 3 saturated carbocycles. The first-order valence-electron chi connectivity index (χ1n) is 9.35. The SMILES string of the molecule is O=C(COc1ccc(F)cc1)NC12CC(COC(=O)Nc3ccc(F)c(F)c3)(C1)C2. The van der Waals surface area contributed by atoms with Gasteiger partial charge in [0.05, 0.1) is 6.61 Å². The first-order valence-corrected chi connectivity index (χ1v) is 9.35. The highest BCUT2D eigenvalue weighted by Gasteiger charge is 2.68. The van der Waals surface area contributed by atoms with Gasteiger partial charge in [-0.05, 0) is 55.7 Å². The summed E-state index contributed by atoms with van der Waals surface area (Å²) in [6.45, 7) is -0.000270. The molecule has 6 nitrogen and oxygen atoms in total. The van der Waals surface area contributed by atoms with Crippen LogP contribution in [0.4, 0.5) is 23.7 Å². The molecule has 30 heavy (non-hydrogen) atoms. The average molecular weight is 420 g/mol.